The summed E-state index contributed by atoms with van der Waals surface area (Å²) in [5, 5.41) is 5.85. The molecule has 0 radical (unpaired) electrons. The minimum absolute atomic E-state index is 0.176. The molecule has 0 saturated carbocycles. The van der Waals surface area contributed by atoms with E-state index in [1.165, 1.54) is 4.70 Å². The summed E-state index contributed by atoms with van der Waals surface area (Å²) < 4.78 is 3.19. The fraction of sp³-hybridized carbons (Fsp3) is 0.320. The van der Waals surface area contributed by atoms with Gasteiger partial charge >= 0.3 is 0 Å². The molecule has 160 valence electrons. The van der Waals surface area contributed by atoms with Gasteiger partial charge in [-0.25, -0.2) is 9.67 Å². The second-order valence-electron chi connectivity index (χ2n) is 7.93. The Morgan fingerprint density at radius 1 is 1.03 bits per heavy atom. The van der Waals surface area contributed by atoms with Gasteiger partial charge in [-0.15, -0.1) is 11.3 Å². The van der Waals surface area contributed by atoms with Gasteiger partial charge in [0.15, 0.2) is 0 Å². The highest BCUT2D eigenvalue weighted by atomic mass is 32.1. The summed E-state index contributed by atoms with van der Waals surface area (Å²) in [6.45, 7) is 4.66. The van der Waals surface area contributed by atoms with Crippen molar-refractivity contribution in [2.45, 2.75) is 46.1 Å². The number of hydrogen-bond acceptors (Lipinski definition) is 4. The van der Waals surface area contributed by atoms with Crippen molar-refractivity contribution < 1.29 is 4.79 Å². The van der Waals surface area contributed by atoms with Gasteiger partial charge in [-0.1, -0.05) is 30.3 Å². The quantitative estimate of drug-likeness (QED) is 0.347. The van der Waals surface area contributed by atoms with E-state index in [0.717, 1.165) is 52.4 Å². The van der Waals surface area contributed by atoms with E-state index in [2.05, 4.69) is 24.0 Å². The predicted octanol–water partition coefficient (Wildman–Crippen LogP) is 5.47. The lowest BCUT2D eigenvalue weighted by molar-refractivity contribution is -0.130. The van der Waals surface area contributed by atoms with Crippen LogP contribution in [0.3, 0.4) is 0 Å². The van der Waals surface area contributed by atoms with Crippen LogP contribution in [-0.2, 0) is 17.8 Å². The molecule has 4 rings (SSSR count). The van der Waals surface area contributed by atoms with Gasteiger partial charge < -0.3 is 4.90 Å². The summed E-state index contributed by atoms with van der Waals surface area (Å²) in [6.07, 6.45) is 3.34. The number of aryl methyl sites for hydroxylation is 2. The molecule has 2 heterocycles. The summed E-state index contributed by atoms with van der Waals surface area (Å²) in [5.41, 5.74) is 5.28. The first-order chi connectivity index (χ1) is 15.0. The summed E-state index contributed by atoms with van der Waals surface area (Å²) in [7, 11) is 1.88. The Hall–Kier alpha value is -2.99. The Kier molecular flexibility index (Phi) is 6.47. The second kappa shape index (κ2) is 9.43. The van der Waals surface area contributed by atoms with Crippen LogP contribution in [-0.4, -0.2) is 32.6 Å². The van der Waals surface area contributed by atoms with Crippen molar-refractivity contribution in [1.82, 2.24) is 19.7 Å². The molecule has 4 aromatic rings. The summed E-state index contributed by atoms with van der Waals surface area (Å²) in [4.78, 5) is 19.2. The molecule has 0 aliphatic heterocycles. The summed E-state index contributed by atoms with van der Waals surface area (Å²) in [5.74, 6) is 0.176. The molecule has 0 aliphatic carbocycles. The zero-order valence-electron chi connectivity index (χ0n) is 18.3. The third kappa shape index (κ3) is 4.85. The highest BCUT2D eigenvalue weighted by Gasteiger charge is 2.17. The van der Waals surface area contributed by atoms with E-state index in [1.807, 2.05) is 66.0 Å². The number of unbranched alkanes of at least 4 members (excludes halogenated alkanes) is 1. The normalized spacial score (nSPS) is 11.2. The number of rotatable bonds is 8. The topological polar surface area (TPSA) is 51.0 Å². The highest BCUT2D eigenvalue weighted by molar-refractivity contribution is 7.18. The Balaban J connectivity index is 1.30. The van der Waals surface area contributed by atoms with E-state index in [4.69, 9.17) is 5.10 Å². The first kappa shape index (κ1) is 21.2. The van der Waals surface area contributed by atoms with E-state index < -0.39 is 0 Å². The van der Waals surface area contributed by atoms with Crippen molar-refractivity contribution in [1.29, 1.82) is 0 Å². The third-order valence-corrected chi connectivity index (χ3v) is 6.73. The van der Waals surface area contributed by atoms with Crippen LogP contribution < -0.4 is 0 Å². The molecule has 1 amide bonds. The largest absolute Gasteiger partial charge is 0.341 e. The molecular formula is C25H28N4OS. The van der Waals surface area contributed by atoms with Gasteiger partial charge in [0, 0.05) is 31.3 Å². The number of hydrogen-bond donors (Lipinski definition) is 0. The Morgan fingerprint density at radius 3 is 2.55 bits per heavy atom. The van der Waals surface area contributed by atoms with Crippen molar-refractivity contribution in [3.05, 3.63) is 76.6 Å². The Labute approximate surface area is 187 Å². The zero-order chi connectivity index (χ0) is 21.8. The molecule has 0 N–H and O–H groups in total. The molecule has 31 heavy (non-hydrogen) atoms. The van der Waals surface area contributed by atoms with Crippen LogP contribution in [0.2, 0.25) is 0 Å². The smallest absolute Gasteiger partial charge is 0.222 e. The van der Waals surface area contributed by atoms with Gasteiger partial charge in [0.25, 0.3) is 0 Å². The molecular weight excluding hydrogens is 404 g/mol. The lowest BCUT2D eigenvalue weighted by atomic mass is 10.1. The van der Waals surface area contributed by atoms with Crippen LogP contribution in [0, 0.1) is 13.8 Å². The predicted molar refractivity (Wildman–Crippen MR) is 127 cm³/mol. The van der Waals surface area contributed by atoms with Crippen LogP contribution in [0.25, 0.3) is 15.9 Å². The second-order valence-corrected chi connectivity index (χ2v) is 9.04. The molecule has 2 aromatic heterocycles. The van der Waals surface area contributed by atoms with Gasteiger partial charge in [-0.3, -0.25) is 4.79 Å². The number of aromatic nitrogens is 3. The third-order valence-electron chi connectivity index (χ3n) is 5.63. The van der Waals surface area contributed by atoms with E-state index in [-0.39, 0.29) is 5.91 Å². The van der Waals surface area contributed by atoms with Crippen LogP contribution in [0.4, 0.5) is 0 Å². The fourth-order valence-electron chi connectivity index (χ4n) is 3.82. The molecule has 0 bridgehead atoms. The molecule has 0 aliphatic rings. The molecule has 0 spiro atoms. The maximum Gasteiger partial charge on any atom is 0.222 e. The number of benzene rings is 2. The van der Waals surface area contributed by atoms with E-state index in [0.29, 0.717) is 13.0 Å². The zero-order valence-corrected chi connectivity index (χ0v) is 19.2. The summed E-state index contributed by atoms with van der Waals surface area (Å²) >= 11 is 1.75. The first-order valence-electron chi connectivity index (χ1n) is 10.7. The van der Waals surface area contributed by atoms with Crippen LogP contribution in [0.15, 0.2) is 54.6 Å². The maximum atomic E-state index is 12.7. The van der Waals surface area contributed by atoms with E-state index in [1.54, 1.807) is 11.3 Å². The standard InChI is InChI=1S/C25H28N4OS/c1-18-21(19(2)29(27-18)20-11-5-4-6-12-20)17-28(3)25(30)16-10-9-15-24-26-22-13-7-8-14-23(22)31-24/h4-8,11-14H,9-10,15-17H2,1-3H3. The number of carbonyl (C=O) groups excluding carboxylic acids is 1. The molecule has 0 saturated heterocycles. The molecule has 6 heteroatoms. The van der Waals surface area contributed by atoms with Crippen molar-refractivity contribution in [2.24, 2.45) is 0 Å². The fourth-order valence-corrected chi connectivity index (χ4v) is 4.83. The monoisotopic (exact) mass is 432 g/mol. The summed E-state index contributed by atoms with van der Waals surface area (Å²) in [6, 6.07) is 18.3. The Bertz CT molecular complexity index is 1150. The highest BCUT2D eigenvalue weighted by Crippen LogP contribution is 2.23. The van der Waals surface area contributed by atoms with Crippen molar-refractivity contribution in [3.8, 4) is 5.69 Å². The number of para-hydroxylation sites is 2. The number of amides is 1. The minimum atomic E-state index is 0.176. The van der Waals surface area contributed by atoms with Crippen molar-refractivity contribution in [3.63, 3.8) is 0 Å². The lowest BCUT2D eigenvalue weighted by Crippen LogP contribution is -2.26. The maximum absolute atomic E-state index is 12.7. The average Bonchev–Trinajstić information content (AvgIpc) is 3.32. The lowest BCUT2D eigenvalue weighted by Gasteiger charge is -2.17. The molecule has 2 aromatic carbocycles. The molecule has 5 nitrogen and oxygen atoms in total. The van der Waals surface area contributed by atoms with Crippen LogP contribution in [0.1, 0.15) is 41.2 Å². The van der Waals surface area contributed by atoms with E-state index >= 15 is 0 Å². The SMILES string of the molecule is Cc1nn(-c2ccccc2)c(C)c1CN(C)C(=O)CCCCc1nc2ccccc2s1. The van der Waals surface area contributed by atoms with Gasteiger partial charge in [0.05, 0.1) is 26.6 Å². The van der Waals surface area contributed by atoms with E-state index in [9.17, 15) is 4.79 Å². The van der Waals surface area contributed by atoms with Crippen molar-refractivity contribution >= 4 is 27.5 Å². The number of thiazole rings is 1. The van der Waals surface area contributed by atoms with Crippen LogP contribution >= 0.6 is 11.3 Å². The Morgan fingerprint density at radius 2 is 1.77 bits per heavy atom. The first-order valence-corrected chi connectivity index (χ1v) is 11.5. The van der Waals surface area contributed by atoms with Crippen LogP contribution in [0.5, 0.6) is 0 Å². The van der Waals surface area contributed by atoms with Gasteiger partial charge in [0.2, 0.25) is 5.91 Å². The molecule has 0 fully saturated rings. The number of carbonyl (C=O) groups is 1. The average molecular weight is 433 g/mol. The molecule has 0 atom stereocenters. The van der Waals surface area contributed by atoms with Crippen molar-refractivity contribution in [2.75, 3.05) is 7.05 Å². The van der Waals surface area contributed by atoms with Gasteiger partial charge in [-0.05, 0) is 57.4 Å². The molecule has 0 unspecified atom stereocenters. The number of fused-ring (bicyclic) bond motifs is 1. The number of nitrogens with zero attached hydrogens (tertiary/aromatic N) is 4. The minimum Gasteiger partial charge on any atom is -0.341 e. The van der Waals surface area contributed by atoms with Gasteiger partial charge in [-0.2, -0.15) is 5.10 Å². The van der Waals surface area contributed by atoms with Gasteiger partial charge in [0.1, 0.15) is 0 Å².